The van der Waals surface area contributed by atoms with Gasteiger partial charge in [-0.3, -0.25) is 4.57 Å². The van der Waals surface area contributed by atoms with Crippen LogP contribution in [0, 0.1) is 19.8 Å². The van der Waals surface area contributed by atoms with E-state index in [-0.39, 0.29) is 0 Å². The molecule has 3 rings (SSSR count). The van der Waals surface area contributed by atoms with Crippen molar-refractivity contribution in [3.63, 3.8) is 0 Å². The number of hydrogen-bond acceptors (Lipinski definition) is 6. The average Bonchev–Trinajstić information content (AvgIpc) is 3.20. The van der Waals surface area contributed by atoms with Crippen molar-refractivity contribution in [3.05, 3.63) is 35.4 Å². The highest BCUT2D eigenvalue weighted by Gasteiger charge is 2.18. The highest BCUT2D eigenvalue weighted by atomic mass is 32.2. The van der Waals surface area contributed by atoms with Crippen LogP contribution in [0.15, 0.2) is 32.5 Å². The first kappa shape index (κ1) is 15.9. The first-order chi connectivity index (χ1) is 11.1. The van der Waals surface area contributed by atoms with E-state index in [1.54, 1.807) is 18.0 Å². The standard InChI is InChI=1S/C16H20N4O2S/c1-10(2)8-20-15(14-6-5-7-21-14)17-18-16(20)23-9-13-11(3)19-22-12(13)4/h5-7,10H,8-9H2,1-4H3. The zero-order valence-electron chi connectivity index (χ0n) is 13.7. The topological polar surface area (TPSA) is 69.9 Å². The number of nitrogens with zero attached hydrogens (tertiary/aromatic N) is 4. The van der Waals surface area contributed by atoms with Crippen molar-refractivity contribution in [2.24, 2.45) is 5.92 Å². The summed E-state index contributed by atoms with van der Waals surface area (Å²) in [4.78, 5) is 0. The third-order valence-corrected chi connectivity index (χ3v) is 4.53. The second kappa shape index (κ2) is 6.62. The SMILES string of the molecule is Cc1noc(C)c1CSc1nnc(-c2ccco2)n1CC(C)C. The summed E-state index contributed by atoms with van der Waals surface area (Å²) < 4.78 is 12.8. The molecule has 6 nitrogen and oxygen atoms in total. The summed E-state index contributed by atoms with van der Waals surface area (Å²) in [5.41, 5.74) is 2.05. The maximum Gasteiger partial charge on any atom is 0.200 e. The Labute approximate surface area is 139 Å². The lowest BCUT2D eigenvalue weighted by molar-refractivity contribution is 0.392. The number of aryl methyl sites for hydroxylation is 2. The van der Waals surface area contributed by atoms with Crippen molar-refractivity contribution < 1.29 is 8.94 Å². The van der Waals surface area contributed by atoms with Crippen molar-refractivity contribution in [2.75, 3.05) is 0 Å². The van der Waals surface area contributed by atoms with Crippen LogP contribution in [0.2, 0.25) is 0 Å². The molecule has 0 aliphatic heterocycles. The van der Waals surface area contributed by atoms with Crippen LogP contribution in [-0.4, -0.2) is 19.9 Å². The quantitative estimate of drug-likeness (QED) is 0.633. The number of rotatable bonds is 6. The van der Waals surface area contributed by atoms with Crippen LogP contribution < -0.4 is 0 Å². The van der Waals surface area contributed by atoms with Gasteiger partial charge in [-0.25, -0.2) is 0 Å². The van der Waals surface area contributed by atoms with Gasteiger partial charge in [0.1, 0.15) is 5.76 Å². The van der Waals surface area contributed by atoms with Crippen molar-refractivity contribution in [1.82, 2.24) is 19.9 Å². The first-order valence-corrected chi connectivity index (χ1v) is 8.56. The lowest BCUT2D eigenvalue weighted by Gasteiger charge is -2.11. The minimum Gasteiger partial charge on any atom is -0.461 e. The molecule has 0 saturated carbocycles. The van der Waals surface area contributed by atoms with E-state index in [4.69, 9.17) is 8.94 Å². The normalized spacial score (nSPS) is 11.5. The van der Waals surface area contributed by atoms with Gasteiger partial charge in [0.25, 0.3) is 0 Å². The molecule has 122 valence electrons. The summed E-state index contributed by atoms with van der Waals surface area (Å²) in [6.07, 6.45) is 1.65. The molecule has 0 N–H and O–H groups in total. The van der Waals surface area contributed by atoms with E-state index in [1.165, 1.54) is 0 Å². The Morgan fingerprint density at radius 2 is 2.09 bits per heavy atom. The molecule has 3 heterocycles. The molecule has 23 heavy (non-hydrogen) atoms. The third kappa shape index (κ3) is 3.34. The lowest BCUT2D eigenvalue weighted by atomic mass is 10.2. The number of thioether (sulfide) groups is 1. The van der Waals surface area contributed by atoms with Crippen molar-refractivity contribution in [1.29, 1.82) is 0 Å². The second-order valence-electron chi connectivity index (χ2n) is 5.88. The third-order valence-electron chi connectivity index (χ3n) is 3.53. The molecule has 0 spiro atoms. The van der Waals surface area contributed by atoms with Gasteiger partial charge >= 0.3 is 0 Å². The number of hydrogen-bond donors (Lipinski definition) is 0. The molecule has 0 radical (unpaired) electrons. The Hall–Kier alpha value is -2.02. The average molecular weight is 332 g/mol. The smallest absolute Gasteiger partial charge is 0.200 e. The lowest BCUT2D eigenvalue weighted by Crippen LogP contribution is -2.07. The van der Waals surface area contributed by atoms with Crippen LogP contribution in [0.5, 0.6) is 0 Å². The van der Waals surface area contributed by atoms with E-state index in [1.807, 2.05) is 26.0 Å². The van der Waals surface area contributed by atoms with Gasteiger partial charge in [-0.05, 0) is 31.9 Å². The fourth-order valence-electron chi connectivity index (χ4n) is 2.36. The van der Waals surface area contributed by atoms with Crippen molar-refractivity contribution in [2.45, 2.75) is 45.1 Å². The van der Waals surface area contributed by atoms with Gasteiger partial charge in [-0.1, -0.05) is 30.8 Å². The molecule has 0 fully saturated rings. The molecule has 7 heteroatoms. The Morgan fingerprint density at radius 3 is 2.70 bits per heavy atom. The van der Waals surface area contributed by atoms with Gasteiger partial charge in [0.05, 0.1) is 12.0 Å². The largest absolute Gasteiger partial charge is 0.461 e. The van der Waals surface area contributed by atoms with Gasteiger partial charge in [0.15, 0.2) is 16.7 Å². The summed E-state index contributed by atoms with van der Waals surface area (Å²) >= 11 is 1.64. The van der Waals surface area contributed by atoms with Gasteiger partial charge in [-0.2, -0.15) is 0 Å². The van der Waals surface area contributed by atoms with Crippen molar-refractivity contribution in [3.8, 4) is 11.6 Å². The molecule has 0 aromatic carbocycles. The molecule has 0 bridgehead atoms. The Kier molecular flexibility index (Phi) is 4.56. The van der Waals surface area contributed by atoms with Crippen LogP contribution in [0.3, 0.4) is 0 Å². The molecule has 3 aromatic heterocycles. The Balaban J connectivity index is 1.87. The Bertz CT molecular complexity index is 755. The monoisotopic (exact) mass is 332 g/mol. The van der Waals surface area contributed by atoms with E-state index >= 15 is 0 Å². The van der Waals surface area contributed by atoms with Gasteiger partial charge in [0.2, 0.25) is 0 Å². The minimum absolute atomic E-state index is 0.484. The first-order valence-electron chi connectivity index (χ1n) is 7.58. The van der Waals surface area contributed by atoms with Gasteiger partial charge in [-0.15, -0.1) is 10.2 Å². The molecule has 0 atom stereocenters. The predicted molar refractivity (Wildman–Crippen MR) is 88.1 cm³/mol. The maximum absolute atomic E-state index is 5.49. The molecular weight excluding hydrogens is 312 g/mol. The van der Waals surface area contributed by atoms with Crippen LogP contribution in [0.25, 0.3) is 11.6 Å². The fraction of sp³-hybridized carbons (Fsp3) is 0.438. The molecule has 0 aliphatic carbocycles. The Morgan fingerprint density at radius 1 is 1.26 bits per heavy atom. The minimum atomic E-state index is 0.484. The van der Waals surface area contributed by atoms with Crippen molar-refractivity contribution >= 4 is 11.8 Å². The summed E-state index contributed by atoms with van der Waals surface area (Å²) in [6.45, 7) is 9.08. The molecule has 0 saturated heterocycles. The van der Waals surface area contributed by atoms with Crippen LogP contribution in [-0.2, 0) is 12.3 Å². The van der Waals surface area contributed by atoms with Crippen LogP contribution in [0.4, 0.5) is 0 Å². The van der Waals surface area contributed by atoms with Gasteiger partial charge in [0, 0.05) is 17.9 Å². The summed E-state index contributed by atoms with van der Waals surface area (Å²) in [7, 11) is 0. The van der Waals surface area contributed by atoms with E-state index < -0.39 is 0 Å². The maximum atomic E-state index is 5.49. The molecule has 0 aliphatic rings. The van der Waals surface area contributed by atoms with Crippen LogP contribution >= 0.6 is 11.8 Å². The van der Waals surface area contributed by atoms with E-state index in [0.717, 1.165) is 46.1 Å². The number of aromatic nitrogens is 4. The van der Waals surface area contributed by atoms with Gasteiger partial charge < -0.3 is 8.94 Å². The molecule has 3 aromatic rings. The van der Waals surface area contributed by atoms with E-state index in [9.17, 15) is 0 Å². The zero-order chi connectivity index (χ0) is 16.4. The zero-order valence-corrected chi connectivity index (χ0v) is 14.6. The number of furan rings is 1. The summed E-state index contributed by atoms with van der Waals surface area (Å²) in [5, 5.41) is 13.5. The predicted octanol–water partition coefficient (Wildman–Crippen LogP) is 4.09. The summed E-state index contributed by atoms with van der Waals surface area (Å²) in [5.74, 6) is 3.61. The second-order valence-corrected chi connectivity index (χ2v) is 6.82. The highest BCUT2D eigenvalue weighted by molar-refractivity contribution is 7.98. The molecule has 0 unspecified atom stereocenters. The van der Waals surface area contributed by atoms with E-state index in [2.05, 4.69) is 33.8 Å². The van der Waals surface area contributed by atoms with E-state index in [0.29, 0.717) is 5.92 Å². The highest BCUT2D eigenvalue weighted by Crippen LogP contribution is 2.29. The summed E-state index contributed by atoms with van der Waals surface area (Å²) in [6, 6.07) is 3.77. The molecular formula is C16H20N4O2S. The van der Waals surface area contributed by atoms with Crippen LogP contribution in [0.1, 0.15) is 30.9 Å². The fourth-order valence-corrected chi connectivity index (χ4v) is 3.46. The molecule has 0 amide bonds.